The number of aromatic nitrogens is 2. The average molecular weight is 264 g/mol. The van der Waals surface area contributed by atoms with Gasteiger partial charge in [-0.25, -0.2) is 9.59 Å². The molecule has 0 atom stereocenters. The molecule has 2 aromatic rings. The fourth-order valence-electron chi connectivity index (χ4n) is 1.99. The van der Waals surface area contributed by atoms with Crippen molar-refractivity contribution in [1.82, 2.24) is 9.55 Å². The quantitative estimate of drug-likeness (QED) is 0.773. The Morgan fingerprint density at radius 3 is 2.95 bits per heavy atom. The Morgan fingerprint density at radius 1 is 1.47 bits per heavy atom. The molecule has 1 heterocycles. The molecule has 102 valence electrons. The van der Waals surface area contributed by atoms with Crippen LogP contribution >= 0.6 is 0 Å². The van der Waals surface area contributed by atoms with E-state index in [1.165, 1.54) is 12.1 Å². The summed E-state index contributed by atoms with van der Waals surface area (Å²) in [6.45, 7) is 3.73. The van der Waals surface area contributed by atoms with Gasteiger partial charge in [0.25, 0.3) is 0 Å². The second-order valence-electron chi connectivity index (χ2n) is 4.17. The fourth-order valence-corrected chi connectivity index (χ4v) is 1.99. The van der Waals surface area contributed by atoms with Gasteiger partial charge in [-0.05, 0) is 31.5 Å². The molecule has 6 heteroatoms. The first-order chi connectivity index (χ1) is 9.13. The van der Waals surface area contributed by atoms with Crippen LogP contribution in [-0.4, -0.2) is 33.8 Å². The molecule has 0 bridgehead atoms. The Labute approximate surface area is 109 Å². The lowest BCUT2D eigenvalue weighted by atomic mass is 10.2. The van der Waals surface area contributed by atoms with Gasteiger partial charge in [-0.2, -0.15) is 0 Å². The number of ether oxygens (including phenoxy) is 1. The number of rotatable bonds is 6. The molecule has 0 fully saturated rings. The van der Waals surface area contributed by atoms with Crippen molar-refractivity contribution in [3.05, 3.63) is 34.2 Å². The van der Waals surface area contributed by atoms with Crippen LogP contribution in [0.15, 0.2) is 23.0 Å². The predicted octanol–water partition coefficient (Wildman–Crippen LogP) is 1.45. The monoisotopic (exact) mass is 264 g/mol. The molecule has 0 radical (unpaired) electrons. The maximum atomic E-state index is 11.8. The Hall–Kier alpha value is -2.08. The highest BCUT2D eigenvalue weighted by atomic mass is 16.5. The molecule has 1 aromatic carbocycles. The number of hydrogen-bond acceptors (Lipinski definition) is 3. The second kappa shape index (κ2) is 5.71. The zero-order chi connectivity index (χ0) is 13.8. The molecule has 19 heavy (non-hydrogen) atoms. The summed E-state index contributed by atoms with van der Waals surface area (Å²) in [5, 5.41) is 8.91. The molecular formula is C13H16N2O4. The number of nitrogens with zero attached hydrogens (tertiary/aromatic N) is 1. The highest BCUT2D eigenvalue weighted by molar-refractivity contribution is 5.92. The summed E-state index contributed by atoms with van der Waals surface area (Å²) in [6, 6.07) is 4.62. The first-order valence-electron chi connectivity index (χ1n) is 6.17. The lowest BCUT2D eigenvalue weighted by Crippen LogP contribution is -2.17. The van der Waals surface area contributed by atoms with Crippen molar-refractivity contribution < 1.29 is 14.6 Å². The van der Waals surface area contributed by atoms with E-state index in [1.807, 2.05) is 6.92 Å². The molecule has 0 unspecified atom stereocenters. The van der Waals surface area contributed by atoms with Gasteiger partial charge in [0.05, 0.1) is 16.6 Å². The maximum absolute atomic E-state index is 11.8. The molecule has 2 N–H and O–H groups in total. The number of carboxylic acid groups (broad SMARTS) is 1. The fraction of sp³-hybridized carbons (Fsp3) is 0.385. The lowest BCUT2D eigenvalue weighted by Gasteiger charge is -2.04. The molecule has 6 nitrogen and oxygen atoms in total. The summed E-state index contributed by atoms with van der Waals surface area (Å²) >= 11 is 0. The van der Waals surface area contributed by atoms with Crippen molar-refractivity contribution in [3.8, 4) is 0 Å². The largest absolute Gasteiger partial charge is 0.478 e. The molecule has 0 saturated carbocycles. The number of H-pyrrole nitrogens is 1. The molecule has 0 saturated heterocycles. The SMILES string of the molecule is CCOCCCn1c(=O)[nH]c2cc(C(=O)O)ccc21. The van der Waals surface area contributed by atoms with E-state index in [0.29, 0.717) is 30.8 Å². The Balaban J connectivity index is 2.27. The average Bonchev–Trinajstić information content (AvgIpc) is 2.69. The first-order valence-corrected chi connectivity index (χ1v) is 6.17. The van der Waals surface area contributed by atoms with Crippen molar-refractivity contribution in [3.63, 3.8) is 0 Å². The minimum atomic E-state index is -1.01. The van der Waals surface area contributed by atoms with Gasteiger partial charge >= 0.3 is 11.7 Å². The number of carboxylic acids is 1. The van der Waals surface area contributed by atoms with Crippen LogP contribution in [0.2, 0.25) is 0 Å². The molecular weight excluding hydrogens is 248 g/mol. The summed E-state index contributed by atoms with van der Waals surface area (Å²) in [7, 11) is 0. The lowest BCUT2D eigenvalue weighted by molar-refractivity contribution is 0.0697. The number of benzene rings is 1. The van der Waals surface area contributed by atoms with Crippen LogP contribution in [0.1, 0.15) is 23.7 Å². The van der Waals surface area contributed by atoms with Crippen LogP contribution < -0.4 is 5.69 Å². The van der Waals surface area contributed by atoms with Gasteiger partial charge < -0.3 is 14.8 Å². The number of aromatic carboxylic acids is 1. The summed E-state index contributed by atoms with van der Waals surface area (Å²) < 4.78 is 6.83. The smallest absolute Gasteiger partial charge is 0.335 e. The third-order valence-electron chi connectivity index (χ3n) is 2.90. The normalized spacial score (nSPS) is 11.0. The molecule has 0 aliphatic rings. The Kier molecular flexibility index (Phi) is 4.01. The van der Waals surface area contributed by atoms with Crippen LogP contribution in [0.5, 0.6) is 0 Å². The molecule has 0 aliphatic heterocycles. The van der Waals surface area contributed by atoms with Gasteiger partial charge in [-0.3, -0.25) is 4.57 Å². The van der Waals surface area contributed by atoms with E-state index in [0.717, 1.165) is 6.42 Å². The van der Waals surface area contributed by atoms with Crippen LogP contribution in [0, 0.1) is 0 Å². The summed E-state index contributed by atoms with van der Waals surface area (Å²) in [6.07, 6.45) is 0.737. The topological polar surface area (TPSA) is 84.3 Å². The zero-order valence-corrected chi connectivity index (χ0v) is 10.7. The Morgan fingerprint density at radius 2 is 2.26 bits per heavy atom. The third-order valence-corrected chi connectivity index (χ3v) is 2.90. The van der Waals surface area contributed by atoms with Gasteiger partial charge in [0.2, 0.25) is 0 Å². The standard InChI is InChI=1S/C13H16N2O4/c1-2-19-7-3-6-15-11-5-4-9(12(16)17)8-10(11)14-13(15)18/h4-5,8H,2-3,6-7H2,1H3,(H,14,18)(H,16,17). The van der Waals surface area contributed by atoms with Crippen molar-refractivity contribution >= 4 is 17.0 Å². The number of imidazole rings is 1. The third kappa shape index (κ3) is 2.85. The van der Waals surface area contributed by atoms with Gasteiger partial charge in [0.1, 0.15) is 0 Å². The first kappa shape index (κ1) is 13.4. The van der Waals surface area contributed by atoms with E-state index in [-0.39, 0.29) is 11.3 Å². The van der Waals surface area contributed by atoms with Crippen molar-refractivity contribution in [2.75, 3.05) is 13.2 Å². The molecule has 0 amide bonds. The van der Waals surface area contributed by atoms with Crippen molar-refractivity contribution in [1.29, 1.82) is 0 Å². The molecule has 0 spiro atoms. The molecule has 1 aromatic heterocycles. The number of nitrogens with one attached hydrogen (secondary N) is 1. The number of hydrogen-bond donors (Lipinski definition) is 2. The summed E-state index contributed by atoms with van der Waals surface area (Å²) in [4.78, 5) is 25.3. The van der Waals surface area contributed by atoms with Gasteiger partial charge in [-0.1, -0.05) is 0 Å². The van der Waals surface area contributed by atoms with E-state index < -0.39 is 5.97 Å². The second-order valence-corrected chi connectivity index (χ2v) is 4.17. The highest BCUT2D eigenvalue weighted by Gasteiger charge is 2.09. The summed E-state index contributed by atoms with van der Waals surface area (Å²) in [5.74, 6) is -1.01. The van der Waals surface area contributed by atoms with Crippen LogP contribution in [0.3, 0.4) is 0 Å². The summed E-state index contributed by atoms with van der Waals surface area (Å²) in [5.41, 5.74) is 1.19. The number of carbonyl (C=O) groups is 1. The molecule has 2 rings (SSSR count). The van der Waals surface area contributed by atoms with Gasteiger partial charge in [-0.15, -0.1) is 0 Å². The zero-order valence-electron chi connectivity index (χ0n) is 10.7. The van der Waals surface area contributed by atoms with Crippen LogP contribution in [0.25, 0.3) is 11.0 Å². The van der Waals surface area contributed by atoms with E-state index in [4.69, 9.17) is 9.84 Å². The van der Waals surface area contributed by atoms with E-state index >= 15 is 0 Å². The number of aryl methyl sites for hydroxylation is 1. The predicted molar refractivity (Wildman–Crippen MR) is 70.6 cm³/mol. The highest BCUT2D eigenvalue weighted by Crippen LogP contribution is 2.13. The van der Waals surface area contributed by atoms with Crippen LogP contribution in [-0.2, 0) is 11.3 Å². The minimum Gasteiger partial charge on any atom is -0.478 e. The van der Waals surface area contributed by atoms with E-state index in [9.17, 15) is 9.59 Å². The van der Waals surface area contributed by atoms with E-state index in [2.05, 4.69) is 4.98 Å². The number of fused-ring (bicyclic) bond motifs is 1. The maximum Gasteiger partial charge on any atom is 0.335 e. The minimum absolute atomic E-state index is 0.162. The Bertz CT molecular complexity index is 642. The molecule has 0 aliphatic carbocycles. The van der Waals surface area contributed by atoms with Crippen molar-refractivity contribution in [2.24, 2.45) is 0 Å². The van der Waals surface area contributed by atoms with Crippen LogP contribution in [0.4, 0.5) is 0 Å². The van der Waals surface area contributed by atoms with Gasteiger partial charge in [0, 0.05) is 19.8 Å². The van der Waals surface area contributed by atoms with Crippen molar-refractivity contribution in [2.45, 2.75) is 19.9 Å². The van der Waals surface area contributed by atoms with E-state index in [1.54, 1.807) is 10.6 Å². The van der Waals surface area contributed by atoms with Gasteiger partial charge in [0.15, 0.2) is 0 Å². The number of aromatic amines is 1.